The molecule has 1 unspecified atom stereocenters. The van der Waals surface area contributed by atoms with Crippen molar-refractivity contribution >= 4 is 5.91 Å². The summed E-state index contributed by atoms with van der Waals surface area (Å²) in [5.41, 5.74) is 7.19. The van der Waals surface area contributed by atoms with Crippen LogP contribution in [0.1, 0.15) is 51.4 Å². The van der Waals surface area contributed by atoms with E-state index in [1.165, 1.54) is 5.69 Å². The molecular formula is C15H28N4O. The molecule has 1 amide bonds. The van der Waals surface area contributed by atoms with Crippen LogP contribution in [0.5, 0.6) is 0 Å². The summed E-state index contributed by atoms with van der Waals surface area (Å²) in [4.78, 5) is 15.9. The van der Waals surface area contributed by atoms with Gasteiger partial charge in [-0.25, -0.2) is 4.98 Å². The third-order valence-electron chi connectivity index (χ3n) is 3.82. The molecule has 0 fully saturated rings. The van der Waals surface area contributed by atoms with Gasteiger partial charge in [-0.2, -0.15) is 0 Å². The Balaban J connectivity index is 2.45. The predicted molar refractivity (Wildman–Crippen MR) is 81.4 cm³/mol. The molecule has 0 radical (unpaired) electrons. The van der Waals surface area contributed by atoms with E-state index < -0.39 is 5.54 Å². The molecule has 0 spiro atoms. The number of amides is 1. The van der Waals surface area contributed by atoms with Gasteiger partial charge in [-0.05, 0) is 53.9 Å². The Morgan fingerprint density at radius 2 is 2.10 bits per heavy atom. The first-order valence-electron chi connectivity index (χ1n) is 7.32. The summed E-state index contributed by atoms with van der Waals surface area (Å²) >= 11 is 0. The molecule has 0 aliphatic heterocycles. The molecule has 1 aromatic heterocycles. The smallest absolute Gasteiger partial charge is 0.237 e. The third-order valence-corrected chi connectivity index (χ3v) is 3.82. The molecular weight excluding hydrogens is 252 g/mol. The molecule has 0 saturated heterocycles. The molecule has 0 aliphatic carbocycles. The van der Waals surface area contributed by atoms with E-state index >= 15 is 0 Å². The van der Waals surface area contributed by atoms with Crippen molar-refractivity contribution in [3.05, 3.63) is 17.7 Å². The number of primary amides is 1. The Labute approximate surface area is 122 Å². The fourth-order valence-electron chi connectivity index (χ4n) is 2.43. The van der Waals surface area contributed by atoms with E-state index in [1.807, 2.05) is 34.0 Å². The lowest BCUT2D eigenvalue weighted by Crippen LogP contribution is -2.55. The highest BCUT2D eigenvalue weighted by Gasteiger charge is 2.30. The SMILES string of the molecule is Cc1ncn(CCCCC(C)(NC(C)C)C(N)=O)c1C. The largest absolute Gasteiger partial charge is 0.368 e. The molecule has 114 valence electrons. The van der Waals surface area contributed by atoms with Gasteiger partial charge in [-0.3, -0.25) is 4.79 Å². The number of imidazole rings is 1. The van der Waals surface area contributed by atoms with Crippen LogP contribution in [0.4, 0.5) is 0 Å². The Hall–Kier alpha value is -1.36. The number of unbranched alkanes of at least 4 members (excludes halogenated alkanes) is 1. The summed E-state index contributed by atoms with van der Waals surface area (Å²) < 4.78 is 2.16. The van der Waals surface area contributed by atoms with Crippen molar-refractivity contribution in [2.45, 2.75) is 72.0 Å². The van der Waals surface area contributed by atoms with Crippen LogP contribution in [0.3, 0.4) is 0 Å². The summed E-state index contributed by atoms with van der Waals surface area (Å²) in [6.45, 7) is 11.0. The van der Waals surface area contributed by atoms with Gasteiger partial charge in [0.15, 0.2) is 0 Å². The van der Waals surface area contributed by atoms with Gasteiger partial charge < -0.3 is 15.6 Å². The first-order valence-corrected chi connectivity index (χ1v) is 7.32. The lowest BCUT2D eigenvalue weighted by Gasteiger charge is -2.29. The van der Waals surface area contributed by atoms with E-state index in [-0.39, 0.29) is 11.9 Å². The van der Waals surface area contributed by atoms with Crippen molar-refractivity contribution in [1.29, 1.82) is 0 Å². The van der Waals surface area contributed by atoms with Crippen LogP contribution in [0.25, 0.3) is 0 Å². The normalized spacial score (nSPS) is 14.5. The standard InChI is InChI=1S/C15H28N4O/c1-11(2)18-15(5,14(16)20)8-6-7-9-19-10-17-12(3)13(19)4/h10-11,18H,6-9H2,1-5H3,(H2,16,20). The molecule has 3 N–H and O–H groups in total. The molecule has 0 aliphatic rings. The van der Waals surface area contributed by atoms with Crippen molar-refractivity contribution in [2.24, 2.45) is 5.73 Å². The van der Waals surface area contributed by atoms with Gasteiger partial charge in [-0.15, -0.1) is 0 Å². The van der Waals surface area contributed by atoms with Gasteiger partial charge in [0.1, 0.15) is 0 Å². The molecule has 0 saturated carbocycles. The third kappa shape index (κ3) is 4.34. The number of aryl methyl sites for hydroxylation is 2. The Bertz CT molecular complexity index is 453. The molecule has 1 rings (SSSR count). The molecule has 1 aromatic rings. The van der Waals surface area contributed by atoms with E-state index in [9.17, 15) is 4.79 Å². The zero-order valence-corrected chi connectivity index (χ0v) is 13.4. The highest BCUT2D eigenvalue weighted by atomic mass is 16.1. The Morgan fingerprint density at radius 3 is 2.55 bits per heavy atom. The molecule has 0 aromatic carbocycles. The number of nitrogens with zero attached hydrogens (tertiary/aromatic N) is 2. The van der Waals surface area contributed by atoms with Crippen molar-refractivity contribution in [1.82, 2.24) is 14.9 Å². The number of aromatic nitrogens is 2. The lowest BCUT2D eigenvalue weighted by molar-refractivity contribution is -0.124. The summed E-state index contributed by atoms with van der Waals surface area (Å²) in [6, 6.07) is 0.242. The summed E-state index contributed by atoms with van der Waals surface area (Å²) in [7, 11) is 0. The molecule has 5 nitrogen and oxygen atoms in total. The van der Waals surface area contributed by atoms with E-state index in [4.69, 9.17) is 5.73 Å². The molecule has 20 heavy (non-hydrogen) atoms. The van der Waals surface area contributed by atoms with Crippen LogP contribution in [0.15, 0.2) is 6.33 Å². The van der Waals surface area contributed by atoms with Gasteiger partial charge in [0.05, 0.1) is 17.6 Å². The van der Waals surface area contributed by atoms with Crippen LogP contribution < -0.4 is 11.1 Å². The maximum atomic E-state index is 11.6. The quantitative estimate of drug-likeness (QED) is 0.714. The second-order valence-electron chi connectivity index (χ2n) is 6.06. The monoisotopic (exact) mass is 280 g/mol. The Kier molecular flexibility index (Phi) is 5.74. The topological polar surface area (TPSA) is 72.9 Å². The lowest BCUT2D eigenvalue weighted by atomic mass is 9.93. The van der Waals surface area contributed by atoms with Gasteiger partial charge >= 0.3 is 0 Å². The zero-order valence-electron chi connectivity index (χ0n) is 13.4. The van der Waals surface area contributed by atoms with Crippen LogP contribution in [-0.2, 0) is 11.3 Å². The van der Waals surface area contributed by atoms with Crippen LogP contribution in [0.2, 0.25) is 0 Å². The summed E-state index contributed by atoms with van der Waals surface area (Å²) in [5.74, 6) is -0.277. The maximum absolute atomic E-state index is 11.6. The van der Waals surface area contributed by atoms with E-state index in [0.29, 0.717) is 0 Å². The highest BCUT2D eigenvalue weighted by Crippen LogP contribution is 2.16. The fourth-order valence-corrected chi connectivity index (χ4v) is 2.43. The fraction of sp³-hybridized carbons (Fsp3) is 0.733. The number of carbonyl (C=O) groups is 1. The van der Waals surface area contributed by atoms with Crippen LogP contribution >= 0.6 is 0 Å². The van der Waals surface area contributed by atoms with Crippen LogP contribution in [0, 0.1) is 13.8 Å². The van der Waals surface area contributed by atoms with E-state index in [2.05, 4.69) is 21.8 Å². The second-order valence-corrected chi connectivity index (χ2v) is 6.06. The first kappa shape index (κ1) is 16.7. The molecule has 5 heteroatoms. The number of nitrogens with two attached hydrogens (primary N) is 1. The van der Waals surface area contributed by atoms with Gasteiger partial charge in [0.2, 0.25) is 5.91 Å². The number of nitrogens with one attached hydrogen (secondary N) is 1. The highest BCUT2D eigenvalue weighted by molar-refractivity contribution is 5.84. The predicted octanol–water partition coefficient (Wildman–Crippen LogP) is 1.91. The molecule has 0 bridgehead atoms. The van der Waals surface area contributed by atoms with E-state index in [0.717, 1.165) is 31.5 Å². The minimum atomic E-state index is -0.617. The minimum Gasteiger partial charge on any atom is -0.368 e. The average Bonchev–Trinajstić information content (AvgIpc) is 2.65. The van der Waals surface area contributed by atoms with Gasteiger partial charge in [0, 0.05) is 18.3 Å². The van der Waals surface area contributed by atoms with Crippen molar-refractivity contribution < 1.29 is 4.79 Å². The maximum Gasteiger partial charge on any atom is 0.237 e. The summed E-state index contributed by atoms with van der Waals surface area (Å²) in [5, 5.41) is 3.28. The number of carbonyl (C=O) groups excluding carboxylic acids is 1. The summed E-state index contributed by atoms with van der Waals surface area (Å²) in [6.07, 6.45) is 4.60. The second kappa shape index (κ2) is 6.88. The molecule has 1 heterocycles. The Morgan fingerprint density at radius 1 is 1.45 bits per heavy atom. The first-order chi connectivity index (χ1) is 9.26. The van der Waals surface area contributed by atoms with Gasteiger partial charge in [-0.1, -0.05) is 0 Å². The number of hydrogen-bond acceptors (Lipinski definition) is 3. The minimum absolute atomic E-state index is 0.242. The number of hydrogen-bond donors (Lipinski definition) is 2. The van der Waals surface area contributed by atoms with Crippen LogP contribution in [-0.4, -0.2) is 27.0 Å². The van der Waals surface area contributed by atoms with Crippen molar-refractivity contribution in [3.8, 4) is 0 Å². The van der Waals surface area contributed by atoms with Gasteiger partial charge in [0.25, 0.3) is 0 Å². The van der Waals surface area contributed by atoms with E-state index in [1.54, 1.807) is 0 Å². The van der Waals surface area contributed by atoms with Crippen molar-refractivity contribution in [3.63, 3.8) is 0 Å². The zero-order chi connectivity index (χ0) is 15.3. The average molecular weight is 280 g/mol. The molecule has 1 atom stereocenters. The van der Waals surface area contributed by atoms with Crippen molar-refractivity contribution in [2.75, 3.05) is 0 Å². The number of rotatable bonds is 8.